The van der Waals surface area contributed by atoms with Gasteiger partial charge in [0.15, 0.2) is 0 Å². The van der Waals surface area contributed by atoms with Gasteiger partial charge >= 0.3 is 6.36 Å². The van der Waals surface area contributed by atoms with Crippen LogP contribution in [0.5, 0.6) is 5.75 Å². The Morgan fingerprint density at radius 2 is 1.75 bits per heavy atom. The lowest BCUT2D eigenvalue weighted by molar-refractivity contribution is -0.274. The topological polar surface area (TPSA) is 35.2 Å². The number of ether oxygens (including phenoxy) is 1. The summed E-state index contributed by atoms with van der Waals surface area (Å²) in [7, 11) is 0. The molecule has 0 aliphatic heterocycles. The molecular weight excluding hydrogens is 267 g/mol. The Morgan fingerprint density at radius 1 is 1.05 bits per heavy atom. The third-order valence-corrected chi connectivity index (χ3v) is 2.84. The molecule has 0 radical (unpaired) electrons. The molecule has 20 heavy (non-hydrogen) atoms. The fourth-order valence-electron chi connectivity index (χ4n) is 1.91. The number of nitrogens with two attached hydrogens (primary N) is 1. The van der Waals surface area contributed by atoms with E-state index in [4.69, 9.17) is 5.73 Å². The van der Waals surface area contributed by atoms with Gasteiger partial charge in [0.1, 0.15) is 5.75 Å². The first-order valence-corrected chi connectivity index (χ1v) is 6.07. The van der Waals surface area contributed by atoms with Crippen molar-refractivity contribution in [3.63, 3.8) is 0 Å². The summed E-state index contributed by atoms with van der Waals surface area (Å²) in [5.41, 5.74) is 7.66. The molecule has 1 atom stereocenters. The van der Waals surface area contributed by atoms with E-state index in [0.29, 0.717) is 11.1 Å². The van der Waals surface area contributed by atoms with Crippen molar-refractivity contribution in [1.82, 2.24) is 0 Å². The fourth-order valence-corrected chi connectivity index (χ4v) is 1.91. The zero-order valence-electron chi connectivity index (χ0n) is 10.8. The van der Waals surface area contributed by atoms with Gasteiger partial charge in [0.05, 0.1) is 0 Å². The second-order valence-corrected chi connectivity index (χ2v) is 4.46. The van der Waals surface area contributed by atoms with Gasteiger partial charge in [0, 0.05) is 11.6 Å². The smallest absolute Gasteiger partial charge is 0.405 e. The Hall–Kier alpha value is -2.01. The third kappa shape index (κ3) is 3.51. The predicted octanol–water partition coefficient (Wildman–Crippen LogP) is 4.27. The van der Waals surface area contributed by atoms with Gasteiger partial charge in [-0.05, 0) is 30.2 Å². The molecule has 0 saturated heterocycles. The number of hydrogen-bond acceptors (Lipinski definition) is 2. The molecule has 0 bridgehead atoms. The summed E-state index contributed by atoms with van der Waals surface area (Å²) in [6.07, 6.45) is -4.71. The van der Waals surface area contributed by atoms with E-state index in [-0.39, 0.29) is 11.8 Å². The second kappa shape index (κ2) is 5.54. The summed E-state index contributed by atoms with van der Waals surface area (Å²) < 4.78 is 41.3. The molecule has 2 aromatic rings. The predicted molar refractivity (Wildman–Crippen MR) is 71.2 cm³/mol. The largest absolute Gasteiger partial charge is 0.573 e. The second-order valence-electron chi connectivity index (χ2n) is 4.46. The molecule has 0 unspecified atom stereocenters. The van der Waals surface area contributed by atoms with Crippen molar-refractivity contribution < 1.29 is 17.9 Å². The monoisotopic (exact) mass is 281 g/mol. The number of benzene rings is 2. The van der Waals surface area contributed by atoms with E-state index >= 15 is 0 Å². The molecule has 0 aliphatic rings. The quantitative estimate of drug-likeness (QED) is 0.911. The molecule has 5 heteroatoms. The minimum Gasteiger partial charge on any atom is -0.405 e. The lowest BCUT2D eigenvalue weighted by Crippen LogP contribution is -2.17. The minimum absolute atomic E-state index is 0.189. The van der Waals surface area contributed by atoms with Gasteiger partial charge in [-0.25, -0.2) is 0 Å². The van der Waals surface area contributed by atoms with Gasteiger partial charge in [0.2, 0.25) is 0 Å². The van der Waals surface area contributed by atoms with Crippen LogP contribution in [0.2, 0.25) is 0 Å². The number of alkyl halides is 3. The Labute approximate surface area is 115 Å². The lowest BCUT2D eigenvalue weighted by Gasteiger charge is -2.14. The zero-order chi connectivity index (χ0) is 14.8. The summed E-state index contributed by atoms with van der Waals surface area (Å²) in [5, 5.41) is 0. The van der Waals surface area contributed by atoms with E-state index in [9.17, 15) is 13.2 Å². The highest BCUT2D eigenvalue weighted by atomic mass is 19.4. The summed E-state index contributed by atoms with van der Waals surface area (Å²) in [6, 6.07) is 12.9. The standard InChI is InChI=1S/C15H14F3NO/c1-10(19)11-5-4-6-12(9-11)13-7-2-3-8-14(13)20-15(16,17)18/h2-10H,19H2,1H3/t10-/m0/s1. The van der Waals surface area contributed by atoms with Gasteiger partial charge in [-0.1, -0.05) is 36.4 Å². The number of hydrogen-bond donors (Lipinski definition) is 1. The molecule has 2 rings (SSSR count). The molecule has 2 N–H and O–H groups in total. The van der Waals surface area contributed by atoms with Crippen molar-refractivity contribution in [2.75, 3.05) is 0 Å². The van der Waals surface area contributed by atoms with E-state index in [2.05, 4.69) is 4.74 Å². The van der Waals surface area contributed by atoms with Crippen LogP contribution in [0.1, 0.15) is 18.5 Å². The van der Waals surface area contributed by atoms with Crippen molar-refractivity contribution in [3.8, 4) is 16.9 Å². The van der Waals surface area contributed by atoms with Crippen LogP contribution in [0.3, 0.4) is 0 Å². The summed E-state index contributed by atoms with van der Waals surface area (Å²) in [5.74, 6) is -0.221. The highest BCUT2D eigenvalue weighted by Crippen LogP contribution is 2.34. The van der Waals surface area contributed by atoms with E-state index in [1.807, 2.05) is 13.0 Å². The van der Waals surface area contributed by atoms with Gasteiger partial charge in [-0.3, -0.25) is 0 Å². The molecule has 0 heterocycles. The molecule has 0 fully saturated rings. The average Bonchev–Trinajstić information content (AvgIpc) is 2.37. The molecule has 2 nitrogen and oxygen atoms in total. The van der Waals surface area contributed by atoms with Crippen LogP contribution in [-0.4, -0.2) is 6.36 Å². The molecule has 0 aromatic heterocycles. The van der Waals surface area contributed by atoms with E-state index < -0.39 is 6.36 Å². The molecule has 0 aliphatic carbocycles. The zero-order valence-corrected chi connectivity index (χ0v) is 10.8. The van der Waals surface area contributed by atoms with Crippen molar-refractivity contribution in [1.29, 1.82) is 0 Å². The Kier molecular flexibility index (Phi) is 3.99. The Bertz CT molecular complexity index is 594. The number of rotatable bonds is 3. The lowest BCUT2D eigenvalue weighted by atomic mass is 10.00. The maximum Gasteiger partial charge on any atom is 0.573 e. The van der Waals surface area contributed by atoms with E-state index in [1.54, 1.807) is 30.3 Å². The van der Waals surface area contributed by atoms with Gasteiger partial charge < -0.3 is 10.5 Å². The highest BCUT2D eigenvalue weighted by Gasteiger charge is 2.32. The summed E-state index contributed by atoms with van der Waals surface area (Å²) in [4.78, 5) is 0. The van der Waals surface area contributed by atoms with Crippen molar-refractivity contribution in [3.05, 3.63) is 54.1 Å². The normalized spacial score (nSPS) is 13.1. The summed E-state index contributed by atoms with van der Waals surface area (Å²) >= 11 is 0. The first-order chi connectivity index (χ1) is 9.37. The fraction of sp³-hybridized carbons (Fsp3) is 0.200. The van der Waals surface area contributed by atoms with Crippen LogP contribution in [-0.2, 0) is 0 Å². The molecule has 0 saturated carbocycles. The van der Waals surface area contributed by atoms with Crippen LogP contribution in [0.25, 0.3) is 11.1 Å². The molecule has 106 valence electrons. The minimum atomic E-state index is -4.71. The van der Waals surface area contributed by atoms with Crippen molar-refractivity contribution in [2.45, 2.75) is 19.3 Å². The molecular formula is C15H14F3NO. The van der Waals surface area contributed by atoms with Crippen molar-refractivity contribution in [2.24, 2.45) is 5.73 Å². The van der Waals surface area contributed by atoms with E-state index in [0.717, 1.165) is 5.56 Å². The van der Waals surface area contributed by atoms with Crippen LogP contribution in [0, 0.1) is 0 Å². The SMILES string of the molecule is C[C@H](N)c1cccc(-c2ccccc2OC(F)(F)F)c1. The number of para-hydroxylation sites is 1. The summed E-state index contributed by atoms with van der Waals surface area (Å²) in [6.45, 7) is 1.82. The maximum atomic E-state index is 12.4. The third-order valence-electron chi connectivity index (χ3n) is 2.84. The van der Waals surface area contributed by atoms with Gasteiger partial charge in [-0.15, -0.1) is 13.2 Å². The van der Waals surface area contributed by atoms with Crippen LogP contribution < -0.4 is 10.5 Å². The molecule has 0 spiro atoms. The van der Waals surface area contributed by atoms with E-state index in [1.165, 1.54) is 12.1 Å². The van der Waals surface area contributed by atoms with Crippen LogP contribution in [0.4, 0.5) is 13.2 Å². The average molecular weight is 281 g/mol. The van der Waals surface area contributed by atoms with Crippen LogP contribution >= 0.6 is 0 Å². The van der Waals surface area contributed by atoms with Gasteiger partial charge in [0.25, 0.3) is 0 Å². The van der Waals surface area contributed by atoms with Gasteiger partial charge in [-0.2, -0.15) is 0 Å². The molecule has 0 amide bonds. The number of halogens is 3. The van der Waals surface area contributed by atoms with Crippen LogP contribution in [0.15, 0.2) is 48.5 Å². The first-order valence-electron chi connectivity index (χ1n) is 6.07. The Balaban J connectivity index is 2.45. The van der Waals surface area contributed by atoms with Crippen molar-refractivity contribution >= 4 is 0 Å². The first kappa shape index (κ1) is 14.4. The maximum absolute atomic E-state index is 12.4. The highest BCUT2D eigenvalue weighted by molar-refractivity contribution is 5.71. The Morgan fingerprint density at radius 3 is 2.40 bits per heavy atom. The molecule has 2 aromatic carbocycles.